The van der Waals surface area contributed by atoms with Crippen LogP contribution in [0.25, 0.3) is 0 Å². The average molecular weight is 330 g/mol. The van der Waals surface area contributed by atoms with Gasteiger partial charge in [-0.25, -0.2) is 4.39 Å². The van der Waals surface area contributed by atoms with E-state index in [-0.39, 0.29) is 23.9 Å². The summed E-state index contributed by atoms with van der Waals surface area (Å²) in [6.07, 6.45) is 3.14. The van der Waals surface area contributed by atoms with Crippen molar-refractivity contribution in [2.24, 2.45) is 5.73 Å². The van der Waals surface area contributed by atoms with E-state index in [4.69, 9.17) is 5.73 Å². The number of halogens is 2. The fourth-order valence-electron chi connectivity index (χ4n) is 2.50. The first kappa shape index (κ1) is 18.4. The zero-order valence-corrected chi connectivity index (χ0v) is 13.5. The van der Waals surface area contributed by atoms with Crippen molar-refractivity contribution in [2.75, 3.05) is 19.4 Å². The van der Waals surface area contributed by atoms with E-state index in [9.17, 15) is 14.0 Å². The molecule has 2 amide bonds. The van der Waals surface area contributed by atoms with Crippen LogP contribution >= 0.6 is 12.4 Å². The van der Waals surface area contributed by atoms with Crippen LogP contribution in [0.4, 0.5) is 10.1 Å². The number of benzene rings is 1. The molecular weight excluding hydrogens is 309 g/mol. The summed E-state index contributed by atoms with van der Waals surface area (Å²) in [6, 6.07) is 3.94. The summed E-state index contributed by atoms with van der Waals surface area (Å²) < 4.78 is 13.7. The van der Waals surface area contributed by atoms with Crippen LogP contribution in [-0.2, 0) is 4.79 Å². The van der Waals surface area contributed by atoms with Crippen LogP contribution in [-0.4, -0.2) is 36.3 Å². The molecule has 5 nitrogen and oxygen atoms in total. The topological polar surface area (TPSA) is 75.4 Å². The molecule has 1 aliphatic carbocycles. The molecule has 1 fully saturated rings. The number of carbonyl (C=O) groups is 2. The van der Waals surface area contributed by atoms with Crippen LogP contribution in [0.3, 0.4) is 0 Å². The Balaban J connectivity index is 0.00000242. The summed E-state index contributed by atoms with van der Waals surface area (Å²) in [7, 11) is 3.08. The zero-order valence-electron chi connectivity index (χ0n) is 12.7. The highest BCUT2D eigenvalue weighted by Gasteiger charge is 2.37. The molecule has 0 aliphatic heterocycles. The molecule has 0 unspecified atom stereocenters. The van der Waals surface area contributed by atoms with Crippen molar-refractivity contribution in [2.45, 2.75) is 31.2 Å². The summed E-state index contributed by atoms with van der Waals surface area (Å²) in [5, 5.41) is 2.68. The molecule has 0 heterocycles. The normalized spacial score (nSPS) is 15.8. The monoisotopic (exact) mass is 329 g/mol. The third kappa shape index (κ3) is 3.75. The minimum atomic E-state index is -0.861. The van der Waals surface area contributed by atoms with Gasteiger partial charge in [0, 0.05) is 19.8 Å². The fraction of sp³-hybridized carbons (Fsp3) is 0.467. The number of nitrogens with zero attached hydrogens (tertiary/aromatic N) is 1. The molecule has 0 atom stereocenters. The third-order valence-electron chi connectivity index (χ3n) is 3.81. The van der Waals surface area contributed by atoms with Crippen LogP contribution in [0.1, 0.15) is 36.0 Å². The van der Waals surface area contributed by atoms with Gasteiger partial charge in [-0.15, -0.1) is 12.4 Å². The standard InChI is InChI=1S/C15H20FN3O2.ClH/c1-19(2)13(20)11-9-10(5-6-12(11)16)18-14(21)15(17)7-3-4-8-15;/h5-6,9H,3-4,7-8,17H2,1-2H3,(H,18,21);1H. The van der Waals surface area contributed by atoms with Crippen LogP contribution in [0.5, 0.6) is 0 Å². The van der Waals surface area contributed by atoms with Crippen molar-refractivity contribution in [3.63, 3.8) is 0 Å². The quantitative estimate of drug-likeness (QED) is 0.892. The second-order valence-corrected chi connectivity index (χ2v) is 5.71. The van der Waals surface area contributed by atoms with Gasteiger partial charge < -0.3 is 16.0 Å². The van der Waals surface area contributed by atoms with E-state index in [0.717, 1.165) is 12.8 Å². The van der Waals surface area contributed by atoms with E-state index < -0.39 is 17.3 Å². The molecule has 1 aromatic rings. The van der Waals surface area contributed by atoms with Crippen molar-refractivity contribution in [3.05, 3.63) is 29.6 Å². The maximum atomic E-state index is 13.7. The molecule has 3 N–H and O–H groups in total. The highest BCUT2D eigenvalue weighted by Crippen LogP contribution is 2.28. The fourth-order valence-corrected chi connectivity index (χ4v) is 2.50. The molecule has 1 saturated carbocycles. The lowest BCUT2D eigenvalue weighted by molar-refractivity contribution is -0.121. The summed E-state index contributed by atoms with van der Waals surface area (Å²) in [5.41, 5.74) is 5.51. The Hall–Kier alpha value is -1.66. The Morgan fingerprint density at radius 2 is 1.86 bits per heavy atom. The number of anilines is 1. The van der Waals surface area contributed by atoms with Gasteiger partial charge >= 0.3 is 0 Å². The number of hydrogen-bond acceptors (Lipinski definition) is 3. The number of hydrogen-bond donors (Lipinski definition) is 2. The summed E-state index contributed by atoms with van der Waals surface area (Å²) in [5.74, 6) is -1.35. The molecule has 0 saturated heterocycles. The maximum Gasteiger partial charge on any atom is 0.256 e. The maximum absolute atomic E-state index is 13.7. The molecule has 1 aromatic carbocycles. The molecule has 0 aromatic heterocycles. The van der Waals surface area contributed by atoms with E-state index >= 15 is 0 Å². The van der Waals surface area contributed by atoms with Gasteiger partial charge in [0.2, 0.25) is 5.91 Å². The molecule has 122 valence electrons. The van der Waals surface area contributed by atoms with Gasteiger partial charge in [0.15, 0.2) is 0 Å². The second kappa shape index (κ2) is 7.07. The molecule has 2 rings (SSSR count). The van der Waals surface area contributed by atoms with E-state index in [1.54, 1.807) is 14.1 Å². The first-order chi connectivity index (χ1) is 9.83. The van der Waals surface area contributed by atoms with E-state index in [1.807, 2.05) is 0 Å². The van der Waals surface area contributed by atoms with Gasteiger partial charge in [-0.05, 0) is 31.0 Å². The minimum absolute atomic E-state index is 0. The first-order valence-electron chi connectivity index (χ1n) is 6.95. The van der Waals surface area contributed by atoms with E-state index in [2.05, 4.69) is 5.32 Å². The molecule has 7 heteroatoms. The van der Waals surface area contributed by atoms with E-state index in [0.29, 0.717) is 18.5 Å². The molecule has 0 bridgehead atoms. The summed E-state index contributed by atoms with van der Waals surface area (Å²) in [4.78, 5) is 25.4. The number of carbonyl (C=O) groups excluding carboxylic acids is 2. The van der Waals surface area contributed by atoms with Crippen molar-refractivity contribution < 1.29 is 14.0 Å². The van der Waals surface area contributed by atoms with E-state index in [1.165, 1.54) is 23.1 Å². The smallest absolute Gasteiger partial charge is 0.256 e. The van der Waals surface area contributed by atoms with Gasteiger partial charge in [0.25, 0.3) is 5.91 Å². The Kier molecular flexibility index (Phi) is 5.91. The Morgan fingerprint density at radius 3 is 2.41 bits per heavy atom. The van der Waals surface area contributed by atoms with Crippen molar-refractivity contribution in [1.82, 2.24) is 4.90 Å². The predicted molar refractivity (Wildman–Crippen MR) is 85.7 cm³/mol. The van der Waals surface area contributed by atoms with Gasteiger partial charge in [-0.3, -0.25) is 9.59 Å². The Morgan fingerprint density at radius 1 is 1.27 bits per heavy atom. The Bertz CT molecular complexity index is 572. The first-order valence-corrected chi connectivity index (χ1v) is 6.95. The second-order valence-electron chi connectivity index (χ2n) is 5.71. The van der Waals surface area contributed by atoms with Crippen molar-refractivity contribution >= 4 is 29.9 Å². The lowest BCUT2D eigenvalue weighted by atomic mass is 9.98. The molecule has 0 radical (unpaired) electrons. The van der Waals surface area contributed by atoms with Crippen LogP contribution < -0.4 is 11.1 Å². The highest BCUT2D eigenvalue weighted by molar-refractivity contribution is 6.00. The van der Waals surface area contributed by atoms with Crippen LogP contribution in [0.15, 0.2) is 18.2 Å². The minimum Gasteiger partial charge on any atom is -0.345 e. The highest BCUT2D eigenvalue weighted by atomic mass is 35.5. The number of nitrogens with one attached hydrogen (secondary N) is 1. The predicted octanol–water partition coefficient (Wildman–Crippen LogP) is 2.16. The molecule has 22 heavy (non-hydrogen) atoms. The summed E-state index contributed by atoms with van der Waals surface area (Å²) in [6.45, 7) is 0. The summed E-state index contributed by atoms with van der Waals surface area (Å²) >= 11 is 0. The molecule has 1 aliphatic rings. The van der Waals surface area contributed by atoms with Gasteiger partial charge in [-0.2, -0.15) is 0 Å². The van der Waals surface area contributed by atoms with Crippen LogP contribution in [0.2, 0.25) is 0 Å². The van der Waals surface area contributed by atoms with Gasteiger partial charge in [-0.1, -0.05) is 12.8 Å². The lowest BCUT2D eigenvalue weighted by Gasteiger charge is -2.22. The van der Waals surface area contributed by atoms with Crippen molar-refractivity contribution in [1.29, 1.82) is 0 Å². The van der Waals surface area contributed by atoms with Gasteiger partial charge in [0.05, 0.1) is 11.1 Å². The number of amides is 2. The Labute approximate surface area is 135 Å². The third-order valence-corrected chi connectivity index (χ3v) is 3.81. The largest absolute Gasteiger partial charge is 0.345 e. The SMILES string of the molecule is CN(C)C(=O)c1cc(NC(=O)C2(N)CCCC2)ccc1F.Cl. The average Bonchev–Trinajstić information content (AvgIpc) is 2.88. The van der Waals surface area contributed by atoms with Crippen molar-refractivity contribution in [3.8, 4) is 0 Å². The van der Waals surface area contributed by atoms with Gasteiger partial charge in [0.1, 0.15) is 5.82 Å². The number of rotatable bonds is 3. The van der Waals surface area contributed by atoms with Crippen LogP contribution in [0, 0.1) is 5.82 Å². The number of nitrogens with two attached hydrogens (primary N) is 1. The molecular formula is C15H21ClFN3O2. The molecule has 0 spiro atoms. The zero-order chi connectivity index (χ0) is 15.6. The lowest BCUT2D eigenvalue weighted by Crippen LogP contribution is -2.48.